The van der Waals surface area contributed by atoms with Gasteiger partial charge in [-0.1, -0.05) is 12.1 Å². The maximum Gasteiger partial charge on any atom is 0.169 e. The molecule has 2 rings (SSSR count). The van der Waals surface area contributed by atoms with Gasteiger partial charge >= 0.3 is 0 Å². The van der Waals surface area contributed by atoms with Crippen molar-refractivity contribution >= 4 is 11.0 Å². The van der Waals surface area contributed by atoms with Gasteiger partial charge in [-0.25, -0.2) is 4.39 Å². The van der Waals surface area contributed by atoms with E-state index < -0.39 is 0 Å². The predicted molar refractivity (Wildman–Crippen MR) is 47.2 cm³/mol. The molecule has 0 aliphatic rings. The summed E-state index contributed by atoms with van der Waals surface area (Å²) in [7, 11) is 0. The van der Waals surface area contributed by atoms with E-state index in [1.54, 1.807) is 18.2 Å². The van der Waals surface area contributed by atoms with E-state index in [0.717, 1.165) is 5.39 Å². The van der Waals surface area contributed by atoms with Gasteiger partial charge in [-0.05, 0) is 12.1 Å². The summed E-state index contributed by atoms with van der Waals surface area (Å²) in [5.41, 5.74) is 2.73. The van der Waals surface area contributed by atoms with E-state index in [4.69, 9.17) is 10.3 Å². The van der Waals surface area contributed by atoms with E-state index in [1.165, 1.54) is 6.07 Å². The lowest BCUT2D eigenvalue weighted by Gasteiger charge is -1.91. The molecule has 0 saturated heterocycles. The summed E-state index contributed by atoms with van der Waals surface area (Å²) in [5.74, 6) is 5.40. The standard InChI is InChI=1S/C9H9FN2O/c10-8-3-1-2-6-4-7(5-12-11)13-9(6)8/h1-4,12H,5,11H2. The van der Waals surface area contributed by atoms with E-state index in [0.29, 0.717) is 12.3 Å². The van der Waals surface area contributed by atoms with Crippen molar-refractivity contribution < 1.29 is 8.81 Å². The smallest absolute Gasteiger partial charge is 0.169 e. The molecule has 0 aliphatic heterocycles. The van der Waals surface area contributed by atoms with Crippen LogP contribution in [0.4, 0.5) is 4.39 Å². The van der Waals surface area contributed by atoms with Crippen molar-refractivity contribution in [2.75, 3.05) is 0 Å². The summed E-state index contributed by atoms with van der Waals surface area (Å²) in [6.45, 7) is 0.397. The maximum atomic E-state index is 13.1. The van der Waals surface area contributed by atoms with Gasteiger partial charge in [-0.15, -0.1) is 0 Å². The Hall–Kier alpha value is -1.39. The highest BCUT2D eigenvalue weighted by molar-refractivity contribution is 5.78. The first-order valence-electron chi connectivity index (χ1n) is 3.91. The normalized spacial score (nSPS) is 10.9. The molecule has 0 unspecified atom stereocenters. The number of halogens is 1. The van der Waals surface area contributed by atoms with Crippen molar-refractivity contribution in [2.24, 2.45) is 5.84 Å². The van der Waals surface area contributed by atoms with Crippen molar-refractivity contribution in [3.8, 4) is 0 Å². The minimum Gasteiger partial charge on any atom is -0.457 e. The molecule has 0 spiro atoms. The molecule has 0 saturated carbocycles. The quantitative estimate of drug-likeness (QED) is 0.544. The maximum absolute atomic E-state index is 13.1. The zero-order valence-corrected chi connectivity index (χ0v) is 6.88. The van der Waals surface area contributed by atoms with Crippen LogP contribution in [0.1, 0.15) is 5.76 Å². The van der Waals surface area contributed by atoms with Gasteiger partial charge in [0.15, 0.2) is 11.4 Å². The number of para-hydroxylation sites is 1. The van der Waals surface area contributed by atoms with Crippen LogP contribution in [-0.2, 0) is 6.54 Å². The van der Waals surface area contributed by atoms with Gasteiger partial charge in [-0.3, -0.25) is 11.3 Å². The third-order valence-corrected chi connectivity index (χ3v) is 1.82. The van der Waals surface area contributed by atoms with E-state index in [-0.39, 0.29) is 11.4 Å². The molecule has 0 radical (unpaired) electrons. The fourth-order valence-corrected chi connectivity index (χ4v) is 1.27. The van der Waals surface area contributed by atoms with E-state index in [2.05, 4.69) is 5.43 Å². The van der Waals surface area contributed by atoms with Crippen LogP contribution in [-0.4, -0.2) is 0 Å². The number of furan rings is 1. The molecule has 13 heavy (non-hydrogen) atoms. The number of hydrogen-bond donors (Lipinski definition) is 2. The molecule has 0 atom stereocenters. The van der Waals surface area contributed by atoms with Crippen LogP contribution in [0, 0.1) is 5.82 Å². The second kappa shape index (κ2) is 3.16. The minimum atomic E-state index is -0.347. The van der Waals surface area contributed by atoms with Crippen molar-refractivity contribution in [1.82, 2.24) is 5.43 Å². The first kappa shape index (κ1) is 8.22. The SMILES string of the molecule is NNCc1cc2cccc(F)c2o1. The molecule has 0 aliphatic carbocycles. The fourth-order valence-electron chi connectivity index (χ4n) is 1.27. The summed E-state index contributed by atoms with van der Waals surface area (Å²) < 4.78 is 18.3. The molecule has 0 amide bonds. The topological polar surface area (TPSA) is 51.2 Å². The second-order valence-electron chi connectivity index (χ2n) is 2.75. The molecule has 1 aromatic heterocycles. The van der Waals surface area contributed by atoms with Crippen LogP contribution in [0.15, 0.2) is 28.7 Å². The molecular weight excluding hydrogens is 171 g/mol. The van der Waals surface area contributed by atoms with Crippen molar-refractivity contribution in [3.05, 3.63) is 35.8 Å². The highest BCUT2D eigenvalue weighted by atomic mass is 19.1. The average molecular weight is 180 g/mol. The van der Waals surface area contributed by atoms with Crippen LogP contribution < -0.4 is 11.3 Å². The number of hydrazine groups is 1. The summed E-state index contributed by atoms with van der Waals surface area (Å²) in [6, 6.07) is 6.57. The monoisotopic (exact) mass is 180 g/mol. The van der Waals surface area contributed by atoms with Gasteiger partial charge in [0.1, 0.15) is 5.76 Å². The van der Waals surface area contributed by atoms with Crippen LogP contribution in [0.25, 0.3) is 11.0 Å². The Labute approximate surface area is 74.3 Å². The zero-order chi connectivity index (χ0) is 9.26. The molecule has 3 N–H and O–H groups in total. The third kappa shape index (κ3) is 1.41. The molecule has 68 valence electrons. The highest BCUT2D eigenvalue weighted by Crippen LogP contribution is 2.21. The Morgan fingerprint density at radius 3 is 3.00 bits per heavy atom. The lowest BCUT2D eigenvalue weighted by molar-refractivity contribution is 0.499. The Morgan fingerprint density at radius 1 is 1.46 bits per heavy atom. The molecule has 1 aromatic carbocycles. The number of fused-ring (bicyclic) bond motifs is 1. The number of hydrogen-bond acceptors (Lipinski definition) is 3. The molecule has 1 heterocycles. The van der Waals surface area contributed by atoms with Crippen LogP contribution >= 0.6 is 0 Å². The lowest BCUT2D eigenvalue weighted by Crippen LogP contribution is -2.20. The van der Waals surface area contributed by atoms with Crippen LogP contribution in [0.5, 0.6) is 0 Å². The molecule has 0 bridgehead atoms. The zero-order valence-electron chi connectivity index (χ0n) is 6.88. The Kier molecular flexibility index (Phi) is 2.00. The first-order chi connectivity index (χ1) is 6.31. The minimum absolute atomic E-state index is 0.285. The summed E-state index contributed by atoms with van der Waals surface area (Å²) >= 11 is 0. The number of benzene rings is 1. The first-order valence-corrected chi connectivity index (χ1v) is 3.91. The summed E-state index contributed by atoms with van der Waals surface area (Å²) in [4.78, 5) is 0. The Morgan fingerprint density at radius 2 is 2.31 bits per heavy atom. The molecule has 0 fully saturated rings. The molecule has 4 heteroatoms. The van der Waals surface area contributed by atoms with Crippen molar-refractivity contribution in [1.29, 1.82) is 0 Å². The average Bonchev–Trinajstić information content (AvgIpc) is 2.49. The molecule has 3 nitrogen and oxygen atoms in total. The number of rotatable bonds is 2. The summed E-state index contributed by atoms with van der Waals surface area (Å²) in [5, 5.41) is 0.755. The Balaban J connectivity index is 2.55. The van der Waals surface area contributed by atoms with Gasteiger partial charge < -0.3 is 4.42 Å². The third-order valence-electron chi connectivity index (χ3n) is 1.82. The van der Waals surface area contributed by atoms with Crippen molar-refractivity contribution in [2.45, 2.75) is 6.54 Å². The van der Waals surface area contributed by atoms with E-state index >= 15 is 0 Å². The van der Waals surface area contributed by atoms with Crippen LogP contribution in [0.3, 0.4) is 0 Å². The molecular formula is C9H9FN2O. The number of nitrogens with two attached hydrogens (primary N) is 1. The van der Waals surface area contributed by atoms with Gasteiger partial charge in [0, 0.05) is 5.39 Å². The van der Waals surface area contributed by atoms with Crippen molar-refractivity contribution in [3.63, 3.8) is 0 Å². The fraction of sp³-hybridized carbons (Fsp3) is 0.111. The largest absolute Gasteiger partial charge is 0.457 e. The van der Waals surface area contributed by atoms with Gasteiger partial charge in [0.05, 0.1) is 6.54 Å². The van der Waals surface area contributed by atoms with E-state index in [1.807, 2.05) is 0 Å². The highest BCUT2D eigenvalue weighted by Gasteiger charge is 2.06. The Bertz CT molecular complexity index is 424. The summed E-state index contributed by atoms with van der Waals surface area (Å²) in [6.07, 6.45) is 0. The van der Waals surface area contributed by atoms with Gasteiger partial charge in [0.2, 0.25) is 0 Å². The predicted octanol–water partition coefficient (Wildman–Crippen LogP) is 1.54. The van der Waals surface area contributed by atoms with Gasteiger partial charge in [-0.2, -0.15) is 0 Å². The van der Waals surface area contributed by atoms with Crippen LogP contribution in [0.2, 0.25) is 0 Å². The van der Waals surface area contributed by atoms with Gasteiger partial charge in [0.25, 0.3) is 0 Å². The van der Waals surface area contributed by atoms with E-state index in [9.17, 15) is 4.39 Å². The molecule has 2 aromatic rings. The number of nitrogens with one attached hydrogen (secondary N) is 1. The second-order valence-corrected chi connectivity index (χ2v) is 2.75. The lowest BCUT2D eigenvalue weighted by atomic mass is 10.2.